The summed E-state index contributed by atoms with van der Waals surface area (Å²) in [7, 11) is 1.64. The van der Waals surface area contributed by atoms with Crippen molar-refractivity contribution in [3.05, 3.63) is 57.2 Å². The Labute approximate surface area is 158 Å². The third-order valence-corrected chi connectivity index (χ3v) is 6.20. The van der Waals surface area contributed by atoms with E-state index in [1.807, 2.05) is 0 Å². The molecule has 0 aliphatic rings. The molecule has 3 aromatic rings. The SMILES string of the molecule is Cc1c(C(=O)NCCCSc2ccc(F)cc2)sc2ncn(C)c(=O)c12. The molecule has 2 heterocycles. The summed E-state index contributed by atoms with van der Waals surface area (Å²) in [6.45, 7) is 2.31. The van der Waals surface area contributed by atoms with Crippen molar-refractivity contribution in [2.75, 3.05) is 12.3 Å². The Hall–Kier alpha value is -2.19. The molecule has 0 aliphatic heterocycles. The molecule has 2 aromatic heterocycles. The molecule has 0 atom stereocenters. The van der Waals surface area contributed by atoms with Crippen molar-refractivity contribution in [1.29, 1.82) is 0 Å². The lowest BCUT2D eigenvalue weighted by Gasteiger charge is -2.05. The van der Waals surface area contributed by atoms with Crippen LogP contribution in [0.25, 0.3) is 10.2 Å². The molecule has 0 saturated heterocycles. The number of hydrogen-bond donors (Lipinski definition) is 1. The van der Waals surface area contributed by atoms with Crippen molar-refractivity contribution in [2.24, 2.45) is 7.05 Å². The van der Waals surface area contributed by atoms with Crippen molar-refractivity contribution < 1.29 is 9.18 Å². The second-order valence-corrected chi connectivity index (χ2v) is 7.98. The third kappa shape index (κ3) is 3.96. The van der Waals surface area contributed by atoms with E-state index in [0.29, 0.717) is 27.2 Å². The Balaban J connectivity index is 1.56. The minimum Gasteiger partial charge on any atom is -0.351 e. The van der Waals surface area contributed by atoms with Gasteiger partial charge >= 0.3 is 0 Å². The standard InChI is InChI=1S/C18H18FN3O2S2/c1-11-14-17(21-10-22(2)18(14)24)26-15(11)16(23)20-8-3-9-25-13-6-4-12(19)5-7-13/h4-7,10H,3,8-9H2,1-2H3,(H,20,23). The zero-order valence-corrected chi connectivity index (χ0v) is 16.0. The number of amides is 1. The van der Waals surface area contributed by atoms with E-state index in [9.17, 15) is 14.0 Å². The Morgan fingerprint density at radius 3 is 2.81 bits per heavy atom. The molecule has 0 bridgehead atoms. The first-order valence-electron chi connectivity index (χ1n) is 8.08. The fourth-order valence-electron chi connectivity index (χ4n) is 2.50. The lowest BCUT2D eigenvalue weighted by molar-refractivity contribution is 0.0957. The van der Waals surface area contributed by atoms with Crippen LogP contribution in [0.2, 0.25) is 0 Å². The van der Waals surface area contributed by atoms with E-state index in [1.165, 1.54) is 34.4 Å². The van der Waals surface area contributed by atoms with Crippen molar-refractivity contribution in [3.63, 3.8) is 0 Å². The highest BCUT2D eigenvalue weighted by Crippen LogP contribution is 2.26. The van der Waals surface area contributed by atoms with Gasteiger partial charge in [-0.2, -0.15) is 0 Å². The van der Waals surface area contributed by atoms with Crippen LogP contribution in [-0.4, -0.2) is 27.8 Å². The van der Waals surface area contributed by atoms with E-state index < -0.39 is 0 Å². The molecule has 0 radical (unpaired) electrons. The van der Waals surface area contributed by atoms with E-state index in [-0.39, 0.29) is 17.3 Å². The molecule has 0 unspecified atom stereocenters. The van der Waals surface area contributed by atoms with E-state index in [2.05, 4.69) is 10.3 Å². The van der Waals surface area contributed by atoms with Gasteiger partial charge in [-0.25, -0.2) is 9.37 Å². The predicted octanol–water partition coefficient (Wildman–Crippen LogP) is 3.35. The fraction of sp³-hybridized carbons (Fsp3) is 0.278. The van der Waals surface area contributed by atoms with Crippen molar-refractivity contribution >= 4 is 39.2 Å². The number of aromatic nitrogens is 2. The fourth-order valence-corrected chi connectivity index (χ4v) is 4.41. The maximum absolute atomic E-state index is 12.9. The molecule has 0 fully saturated rings. The topological polar surface area (TPSA) is 64.0 Å². The number of aryl methyl sites for hydroxylation is 2. The summed E-state index contributed by atoms with van der Waals surface area (Å²) in [5.74, 6) is 0.392. The molecule has 0 aliphatic carbocycles. The molecular weight excluding hydrogens is 373 g/mol. The quantitative estimate of drug-likeness (QED) is 0.517. The van der Waals surface area contributed by atoms with Crippen molar-refractivity contribution in [2.45, 2.75) is 18.2 Å². The van der Waals surface area contributed by atoms with Gasteiger partial charge in [0.2, 0.25) is 0 Å². The average molecular weight is 391 g/mol. The van der Waals surface area contributed by atoms with Gasteiger partial charge < -0.3 is 9.88 Å². The van der Waals surface area contributed by atoms with Gasteiger partial charge in [-0.15, -0.1) is 23.1 Å². The molecule has 8 heteroatoms. The highest BCUT2D eigenvalue weighted by atomic mass is 32.2. The molecule has 1 N–H and O–H groups in total. The van der Waals surface area contributed by atoms with Crippen LogP contribution in [-0.2, 0) is 7.05 Å². The van der Waals surface area contributed by atoms with Crippen LogP contribution in [0.5, 0.6) is 0 Å². The Bertz CT molecular complexity index is 996. The Kier molecular flexibility index (Phi) is 5.73. The largest absolute Gasteiger partial charge is 0.351 e. The molecule has 26 heavy (non-hydrogen) atoms. The van der Waals surface area contributed by atoms with Gasteiger partial charge in [0.25, 0.3) is 11.5 Å². The number of thiophene rings is 1. The van der Waals surface area contributed by atoms with Gasteiger partial charge in [-0.1, -0.05) is 0 Å². The second-order valence-electron chi connectivity index (χ2n) is 5.81. The van der Waals surface area contributed by atoms with Gasteiger partial charge in [-0.05, 0) is 48.9 Å². The molecule has 136 valence electrons. The highest BCUT2D eigenvalue weighted by molar-refractivity contribution is 7.99. The van der Waals surface area contributed by atoms with Gasteiger partial charge in [0, 0.05) is 18.5 Å². The average Bonchev–Trinajstić information content (AvgIpc) is 2.97. The van der Waals surface area contributed by atoms with E-state index in [1.54, 1.807) is 37.9 Å². The number of thioether (sulfide) groups is 1. The van der Waals surface area contributed by atoms with Crippen LogP contribution in [0.4, 0.5) is 4.39 Å². The molecule has 1 aromatic carbocycles. The van der Waals surface area contributed by atoms with Gasteiger partial charge in [-0.3, -0.25) is 9.59 Å². The molecule has 1 amide bonds. The number of halogens is 1. The highest BCUT2D eigenvalue weighted by Gasteiger charge is 2.18. The summed E-state index contributed by atoms with van der Waals surface area (Å²) in [4.78, 5) is 31.0. The normalized spacial score (nSPS) is 11.0. The van der Waals surface area contributed by atoms with E-state index >= 15 is 0 Å². The number of carbonyl (C=O) groups excluding carboxylic acids is 1. The number of hydrogen-bond acceptors (Lipinski definition) is 5. The number of nitrogens with one attached hydrogen (secondary N) is 1. The Morgan fingerprint density at radius 1 is 1.35 bits per heavy atom. The van der Waals surface area contributed by atoms with Crippen LogP contribution in [0.15, 0.2) is 40.3 Å². The lowest BCUT2D eigenvalue weighted by atomic mass is 10.2. The van der Waals surface area contributed by atoms with Crippen LogP contribution in [0.3, 0.4) is 0 Å². The van der Waals surface area contributed by atoms with Crippen LogP contribution >= 0.6 is 23.1 Å². The first kappa shape index (κ1) is 18.6. The molecule has 5 nitrogen and oxygen atoms in total. The molecule has 0 spiro atoms. The van der Waals surface area contributed by atoms with Crippen molar-refractivity contribution in [1.82, 2.24) is 14.9 Å². The van der Waals surface area contributed by atoms with Crippen LogP contribution in [0.1, 0.15) is 21.7 Å². The summed E-state index contributed by atoms with van der Waals surface area (Å²) in [6.07, 6.45) is 2.26. The van der Waals surface area contributed by atoms with E-state index in [4.69, 9.17) is 0 Å². The smallest absolute Gasteiger partial charge is 0.262 e. The second kappa shape index (κ2) is 8.01. The third-order valence-electron chi connectivity index (χ3n) is 3.91. The zero-order valence-electron chi connectivity index (χ0n) is 14.4. The lowest BCUT2D eigenvalue weighted by Crippen LogP contribution is -2.24. The summed E-state index contributed by atoms with van der Waals surface area (Å²) in [5, 5.41) is 3.40. The van der Waals surface area contributed by atoms with Crippen LogP contribution in [0, 0.1) is 12.7 Å². The number of carbonyl (C=O) groups is 1. The summed E-state index contributed by atoms with van der Waals surface area (Å²) < 4.78 is 14.3. The number of fused-ring (bicyclic) bond motifs is 1. The maximum Gasteiger partial charge on any atom is 0.262 e. The zero-order chi connectivity index (χ0) is 18.7. The molecular formula is C18H18FN3O2S2. The minimum absolute atomic E-state index is 0.140. The maximum atomic E-state index is 12.9. The van der Waals surface area contributed by atoms with Gasteiger partial charge in [0.1, 0.15) is 10.6 Å². The predicted molar refractivity (Wildman–Crippen MR) is 104 cm³/mol. The minimum atomic E-state index is -0.246. The number of benzene rings is 1. The Morgan fingerprint density at radius 2 is 2.08 bits per heavy atom. The van der Waals surface area contributed by atoms with Gasteiger partial charge in [0.05, 0.1) is 16.6 Å². The van der Waals surface area contributed by atoms with Crippen molar-refractivity contribution in [3.8, 4) is 0 Å². The number of nitrogens with zero attached hydrogens (tertiary/aromatic N) is 2. The summed E-state index contributed by atoms with van der Waals surface area (Å²) >= 11 is 2.86. The van der Waals surface area contributed by atoms with E-state index in [0.717, 1.165) is 17.1 Å². The molecule has 3 rings (SSSR count). The number of rotatable bonds is 6. The van der Waals surface area contributed by atoms with Crippen LogP contribution < -0.4 is 10.9 Å². The van der Waals surface area contributed by atoms with Gasteiger partial charge in [0.15, 0.2) is 0 Å². The first-order chi connectivity index (χ1) is 12.5. The summed E-state index contributed by atoms with van der Waals surface area (Å²) in [5.41, 5.74) is 0.537. The monoisotopic (exact) mass is 391 g/mol. The first-order valence-corrected chi connectivity index (χ1v) is 9.89. The summed E-state index contributed by atoms with van der Waals surface area (Å²) in [6, 6.07) is 6.36. The molecule has 0 saturated carbocycles.